The number of hydrogen-bond donors (Lipinski definition) is 1. The monoisotopic (exact) mass is 191 g/mol. The third-order valence-corrected chi connectivity index (χ3v) is 1.88. The molecule has 4 nitrogen and oxygen atoms in total. The Kier molecular flexibility index (Phi) is 3.89. The molecular formula is C10H13N3O. The Morgan fingerprint density at radius 3 is 2.93 bits per heavy atom. The van der Waals surface area contributed by atoms with Crippen LogP contribution < -0.4 is 4.90 Å². The van der Waals surface area contributed by atoms with Crippen LogP contribution in [0.3, 0.4) is 0 Å². The number of aliphatic hydroxyl groups is 1. The largest absolute Gasteiger partial charge is 0.395 e. The van der Waals surface area contributed by atoms with E-state index in [4.69, 9.17) is 11.5 Å². The summed E-state index contributed by atoms with van der Waals surface area (Å²) in [5.41, 5.74) is 0.561. The molecule has 0 amide bonds. The van der Waals surface area contributed by atoms with E-state index >= 15 is 0 Å². The Morgan fingerprint density at radius 1 is 1.57 bits per heavy atom. The summed E-state index contributed by atoms with van der Waals surface area (Å²) in [4.78, 5) is 9.92. The van der Waals surface area contributed by atoms with Crippen LogP contribution in [-0.4, -0.2) is 34.8 Å². The third-order valence-electron chi connectivity index (χ3n) is 1.88. The van der Waals surface area contributed by atoms with Gasteiger partial charge in [0.1, 0.15) is 17.8 Å². The average molecular weight is 191 g/mol. The molecule has 0 aliphatic rings. The van der Waals surface area contributed by atoms with E-state index < -0.39 is 0 Å². The number of aliphatic hydroxyl groups excluding tert-OH is 1. The molecule has 0 radical (unpaired) electrons. The van der Waals surface area contributed by atoms with Crippen molar-refractivity contribution in [3.05, 3.63) is 18.1 Å². The lowest BCUT2D eigenvalue weighted by Gasteiger charge is -2.20. The normalized spacial score (nSPS) is 9.50. The van der Waals surface area contributed by atoms with Crippen molar-refractivity contribution >= 4 is 5.82 Å². The summed E-state index contributed by atoms with van der Waals surface area (Å²) in [5, 5.41) is 8.83. The Balaban J connectivity index is 2.87. The number of aromatic nitrogens is 2. The van der Waals surface area contributed by atoms with E-state index in [1.165, 1.54) is 6.33 Å². The van der Waals surface area contributed by atoms with Crippen LogP contribution in [0, 0.1) is 12.3 Å². The van der Waals surface area contributed by atoms with Crippen LogP contribution >= 0.6 is 0 Å². The summed E-state index contributed by atoms with van der Waals surface area (Å²) in [7, 11) is 0. The Morgan fingerprint density at radius 2 is 2.36 bits per heavy atom. The molecule has 0 saturated heterocycles. The highest BCUT2D eigenvalue weighted by Gasteiger charge is 2.04. The van der Waals surface area contributed by atoms with E-state index in [1.54, 1.807) is 6.07 Å². The van der Waals surface area contributed by atoms with Crippen molar-refractivity contribution in [1.82, 2.24) is 9.97 Å². The van der Waals surface area contributed by atoms with Gasteiger partial charge in [0, 0.05) is 19.2 Å². The van der Waals surface area contributed by atoms with Gasteiger partial charge in [-0.1, -0.05) is 5.92 Å². The molecule has 0 atom stereocenters. The number of anilines is 1. The molecule has 14 heavy (non-hydrogen) atoms. The number of rotatable bonds is 4. The van der Waals surface area contributed by atoms with Gasteiger partial charge in [-0.05, 0) is 6.92 Å². The number of hydrogen-bond acceptors (Lipinski definition) is 4. The molecule has 0 unspecified atom stereocenters. The minimum Gasteiger partial charge on any atom is -0.395 e. The smallest absolute Gasteiger partial charge is 0.133 e. The summed E-state index contributed by atoms with van der Waals surface area (Å²) in [6.07, 6.45) is 6.66. The summed E-state index contributed by atoms with van der Waals surface area (Å²) in [5.74, 6) is 3.20. The van der Waals surface area contributed by atoms with E-state index in [-0.39, 0.29) is 6.61 Å². The topological polar surface area (TPSA) is 49.2 Å². The molecule has 0 aromatic carbocycles. The first-order chi connectivity index (χ1) is 6.81. The van der Waals surface area contributed by atoms with Gasteiger partial charge in [-0.25, -0.2) is 9.97 Å². The van der Waals surface area contributed by atoms with Crippen LogP contribution in [0.5, 0.6) is 0 Å². The standard InChI is InChI=1S/C10H13N3O/c1-3-9-7-10(12-8-11-9)13(4-2)5-6-14/h1,7-8,14H,4-6H2,2H3. The maximum Gasteiger partial charge on any atom is 0.133 e. The molecule has 4 heteroatoms. The number of nitrogens with zero attached hydrogens (tertiary/aromatic N) is 3. The van der Waals surface area contributed by atoms with Crippen LogP contribution in [0.2, 0.25) is 0 Å². The Hall–Kier alpha value is -1.60. The quantitative estimate of drug-likeness (QED) is 0.694. The zero-order valence-electron chi connectivity index (χ0n) is 8.14. The van der Waals surface area contributed by atoms with E-state index in [0.717, 1.165) is 12.4 Å². The first-order valence-corrected chi connectivity index (χ1v) is 4.46. The molecule has 0 fully saturated rings. The van der Waals surface area contributed by atoms with Crippen LogP contribution in [-0.2, 0) is 0 Å². The fourth-order valence-electron chi connectivity index (χ4n) is 1.15. The molecule has 1 N–H and O–H groups in total. The highest BCUT2D eigenvalue weighted by atomic mass is 16.3. The summed E-state index contributed by atoms with van der Waals surface area (Å²) < 4.78 is 0. The molecular weight excluding hydrogens is 178 g/mol. The van der Waals surface area contributed by atoms with E-state index in [2.05, 4.69) is 15.9 Å². The average Bonchev–Trinajstić information content (AvgIpc) is 2.26. The number of terminal acetylenes is 1. The molecule has 1 aromatic rings. The van der Waals surface area contributed by atoms with Gasteiger partial charge in [-0.3, -0.25) is 0 Å². The highest BCUT2D eigenvalue weighted by Crippen LogP contribution is 2.09. The minimum atomic E-state index is 0.100. The van der Waals surface area contributed by atoms with Gasteiger partial charge in [0.25, 0.3) is 0 Å². The molecule has 0 saturated carbocycles. The van der Waals surface area contributed by atoms with Gasteiger partial charge < -0.3 is 10.0 Å². The van der Waals surface area contributed by atoms with Crippen molar-refractivity contribution in [2.75, 3.05) is 24.6 Å². The molecule has 0 bridgehead atoms. The maximum absolute atomic E-state index is 8.83. The van der Waals surface area contributed by atoms with Crippen molar-refractivity contribution < 1.29 is 5.11 Å². The second-order valence-corrected chi connectivity index (χ2v) is 2.71. The van der Waals surface area contributed by atoms with Crippen LogP contribution in [0.15, 0.2) is 12.4 Å². The lowest BCUT2D eigenvalue weighted by Crippen LogP contribution is -2.27. The highest BCUT2D eigenvalue weighted by molar-refractivity contribution is 5.42. The zero-order valence-corrected chi connectivity index (χ0v) is 8.14. The summed E-state index contributed by atoms with van der Waals surface area (Å²) in [6.45, 7) is 3.43. The van der Waals surface area contributed by atoms with E-state index in [0.29, 0.717) is 12.2 Å². The molecule has 0 spiro atoms. The predicted molar refractivity (Wildman–Crippen MR) is 54.9 cm³/mol. The predicted octanol–water partition coefficient (Wildman–Crippen LogP) is 0.277. The maximum atomic E-state index is 8.83. The SMILES string of the molecule is C#Cc1cc(N(CC)CCO)ncn1. The minimum absolute atomic E-state index is 0.100. The van der Waals surface area contributed by atoms with Crippen molar-refractivity contribution in [3.63, 3.8) is 0 Å². The lowest BCUT2D eigenvalue weighted by molar-refractivity contribution is 0.302. The fraction of sp³-hybridized carbons (Fsp3) is 0.400. The Labute approximate surface area is 83.6 Å². The zero-order chi connectivity index (χ0) is 10.4. The van der Waals surface area contributed by atoms with Gasteiger partial charge in [0.15, 0.2) is 0 Å². The summed E-state index contributed by atoms with van der Waals surface area (Å²) >= 11 is 0. The lowest BCUT2D eigenvalue weighted by atomic mass is 10.3. The molecule has 1 rings (SSSR count). The molecule has 74 valence electrons. The molecule has 1 heterocycles. The molecule has 0 aliphatic carbocycles. The van der Waals surface area contributed by atoms with Crippen molar-refractivity contribution in [1.29, 1.82) is 0 Å². The van der Waals surface area contributed by atoms with Gasteiger partial charge in [-0.2, -0.15) is 0 Å². The fourth-order valence-corrected chi connectivity index (χ4v) is 1.15. The van der Waals surface area contributed by atoms with E-state index in [1.807, 2.05) is 11.8 Å². The van der Waals surface area contributed by atoms with Crippen LogP contribution in [0.25, 0.3) is 0 Å². The van der Waals surface area contributed by atoms with Gasteiger partial charge >= 0.3 is 0 Å². The second kappa shape index (κ2) is 5.20. The van der Waals surface area contributed by atoms with Crippen LogP contribution in [0.1, 0.15) is 12.6 Å². The van der Waals surface area contributed by atoms with Crippen molar-refractivity contribution in [2.45, 2.75) is 6.92 Å². The van der Waals surface area contributed by atoms with Crippen molar-refractivity contribution in [2.24, 2.45) is 0 Å². The first kappa shape index (κ1) is 10.5. The molecule has 1 aromatic heterocycles. The van der Waals surface area contributed by atoms with Crippen LogP contribution in [0.4, 0.5) is 5.82 Å². The molecule has 0 aliphatic heterocycles. The first-order valence-electron chi connectivity index (χ1n) is 4.46. The second-order valence-electron chi connectivity index (χ2n) is 2.71. The van der Waals surface area contributed by atoms with Gasteiger partial charge in [0.2, 0.25) is 0 Å². The third kappa shape index (κ3) is 2.44. The van der Waals surface area contributed by atoms with Gasteiger partial charge in [0.05, 0.1) is 6.61 Å². The summed E-state index contributed by atoms with van der Waals surface area (Å²) in [6, 6.07) is 1.74. The Bertz CT molecular complexity index is 332. The van der Waals surface area contributed by atoms with E-state index in [9.17, 15) is 0 Å². The van der Waals surface area contributed by atoms with Gasteiger partial charge in [-0.15, -0.1) is 6.42 Å². The number of likely N-dealkylation sites (N-methyl/N-ethyl adjacent to an activating group) is 1. The van der Waals surface area contributed by atoms with Crippen molar-refractivity contribution in [3.8, 4) is 12.3 Å².